The molecule has 0 radical (unpaired) electrons. The van der Waals surface area contributed by atoms with Gasteiger partial charge in [-0.3, -0.25) is 4.79 Å². The Morgan fingerprint density at radius 2 is 0.876 bits per heavy atom. The summed E-state index contributed by atoms with van der Waals surface area (Å²) >= 11 is 0. The molecule has 0 saturated heterocycles. The predicted octanol–water partition coefficient (Wildman–Crippen LogP) is 21.2. The van der Waals surface area contributed by atoms with Gasteiger partial charge in [-0.1, -0.05) is 154 Å². The molecule has 5 atom stereocenters. The summed E-state index contributed by atoms with van der Waals surface area (Å²) in [5.74, 6) is -3.51. The smallest absolute Gasteiger partial charge is 0.308 e. The van der Waals surface area contributed by atoms with Crippen LogP contribution in [0.3, 0.4) is 0 Å². The van der Waals surface area contributed by atoms with Crippen molar-refractivity contribution < 1.29 is 73.6 Å². The largest absolute Gasteiger partial charge is 0.744 e. The van der Waals surface area contributed by atoms with E-state index in [2.05, 4.69) is 102 Å². The number of carbonyl (C=O) groups excluding carboxylic acids is 1. The van der Waals surface area contributed by atoms with E-state index >= 15 is 0 Å². The van der Waals surface area contributed by atoms with Crippen molar-refractivity contribution in [2.24, 2.45) is 5.92 Å². The number of halogens is 4. The van der Waals surface area contributed by atoms with E-state index in [0.29, 0.717) is 29.3 Å². The molecule has 524 valence electrons. The van der Waals surface area contributed by atoms with Crippen LogP contribution < -0.4 is 28.4 Å². The van der Waals surface area contributed by atoms with Gasteiger partial charge >= 0.3 is 5.97 Å². The summed E-state index contributed by atoms with van der Waals surface area (Å²) in [5, 5.41) is 9.01. The minimum Gasteiger partial charge on any atom is -0.744 e. The summed E-state index contributed by atoms with van der Waals surface area (Å²) in [7, 11) is -0.976. The lowest BCUT2D eigenvalue weighted by atomic mass is 9.87. The third-order valence-electron chi connectivity index (χ3n) is 16.9. The molecule has 8 aromatic rings. The number of rotatable bonds is 24. The molecule has 1 aliphatic rings. The average molecular weight is 1380 g/mol. The normalized spacial score (nSPS) is 13.6. The van der Waals surface area contributed by atoms with E-state index in [-0.39, 0.29) is 34.8 Å². The predicted molar refractivity (Wildman–Crippen MR) is 376 cm³/mol. The Morgan fingerprint density at radius 3 is 1.23 bits per heavy atom. The number of hydrogen-bond donors (Lipinski definition) is 1. The second-order valence-electron chi connectivity index (χ2n) is 23.8. The van der Waals surface area contributed by atoms with E-state index in [4.69, 9.17) is 38.3 Å². The molecule has 97 heavy (non-hydrogen) atoms. The quantitative estimate of drug-likeness (QED) is 0.0116. The molecule has 0 amide bonds. The summed E-state index contributed by atoms with van der Waals surface area (Å²) in [6.07, 6.45) is 12.3. The van der Waals surface area contributed by atoms with Crippen molar-refractivity contribution in [1.82, 2.24) is 0 Å². The van der Waals surface area contributed by atoms with Crippen molar-refractivity contribution >= 4 is 27.0 Å². The van der Waals surface area contributed by atoms with Gasteiger partial charge < -0.3 is 42.8 Å². The SMILES string of the molecule is CCC(C)c1ccc(O)cc1.CCC(C)c1ccc(OC(C)=O)cc1.CCC(C)c1ccc(OC(C)OCCC2CCCCC2)cc1.CCC(C)c1ccc(Oc2c(F)c(F)c(S(=O)(=O)[O-])c(F)c2F)cc1.COc1cccc([S+](c2cccc(OC)c2)c2cccc(OC)c2)c1. The van der Waals surface area contributed by atoms with Crippen LogP contribution in [0.2, 0.25) is 0 Å². The zero-order valence-electron chi connectivity index (χ0n) is 58.2. The van der Waals surface area contributed by atoms with Crippen LogP contribution in [0.5, 0.6) is 46.0 Å². The minimum atomic E-state index is -5.75. The molecule has 0 bridgehead atoms. The lowest BCUT2D eigenvalue weighted by Crippen LogP contribution is -2.19. The fraction of sp³-hybridized carbons (Fsp3) is 0.380. The summed E-state index contributed by atoms with van der Waals surface area (Å²) in [6.45, 7) is 21.3. The van der Waals surface area contributed by atoms with Gasteiger partial charge in [-0.05, 0) is 176 Å². The van der Waals surface area contributed by atoms with Crippen molar-refractivity contribution in [3.63, 3.8) is 0 Å². The van der Waals surface area contributed by atoms with Crippen LogP contribution >= 0.6 is 0 Å². The molecule has 0 aromatic heterocycles. The first-order valence-electron chi connectivity index (χ1n) is 33.1. The van der Waals surface area contributed by atoms with Gasteiger partial charge in [-0.25, -0.2) is 17.2 Å². The number of methoxy groups -OCH3 is 3. The number of hydrogen-bond acceptors (Lipinski definition) is 12. The highest BCUT2D eigenvalue weighted by atomic mass is 32.2. The Morgan fingerprint density at radius 1 is 0.515 bits per heavy atom. The maximum absolute atomic E-state index is 13.9. The van der Waals surface area contributed by atoms with Crippen molar-refractivity contribution in [2.75, 3.05) is 27.9 Å². The number of esters is 1. The van der Waals surface area contributed by atoms with Crippen LogP contribution in [0.15, 0.2) is 189 Å². The van der Waals surface area contributed by atoms with E-state index in [1.807, 2.05) is 93.6 Å². The molecule has 1 aliphatic carbocycles. The third kappa shape index (κ3) is 25.4. The second kappa shape index (κ2) is 40.6. The van der Waals surface area contributed by atoms with Crippen LogP contribution in [0.25, 0.3) is 0 Å². The van der Waals surface area contributed by atoms with Crippen molar-refractivity contribution in [3.05, 3.63) is 215 Å². The number of phenols is 1. The van der Waals surface area contributed by atoms with Crippen molar-refractivity contribution in [3.8, 4) is 46.0 Å². The molecular formula is C79H96F4O12S2. The molecule has 9 rings (SSSR count). The van der Waals surface area contributed by atoms with E-state index in [1.54, 1.807) is 45.6 Å². The van der Waals surface area contributed by atoms with Gasteiger partial charge in [0.25, 0.3) is 0 Å². The second-order valence-corrected chi connectivity index (χ2v) is 27.1. The van der Waals surface area contributed by atoms with Crippen molar-refractivity contribution in [1.29, 1.82) is 0 Å². The first-order chi connectivity index (χ1) is 46.4. The van der Waals surface area contributed by atoms with E-state index in [9.17, 15) is 35.3 Å². The molecule has 0 aliphatic heterocycles. The molecular weight excluding hydrogens is 1280 g/mol. The number of carbonyl (C=O) groups is 1. The Labute approximate surface area is 575 Å². The number of phenolic OH excluding ortho intramolecular Hbond substituents is 1. The first kappa shape index (κ1) is 79.7. The molecule has 1 fully saturated rings. The lowest BCUT2D eigenvalue weighted by molar-refractivity contribution is -0.131. The third-order valence-corrected chi connectivity index (χ3v) is 19.9. The van der Waals surface area contributed by atoms with E-state index in [0.717, 1.165) is 60.3 Å². The highest BCUT2D eigenvalue weighted by Crippen LogP contribution is 2.38. The van der Waals surface area contributed by atoms with Crippen LogP contribution in [-0.2, 0) is 30.5 Å². The lowest BCUT2D eigenvalue weighted by Gasteiger charge is -2.22. The molecule has 8 aromatic carbocycles. The van der Waals surface area contributed by atoms with Crippen LogP contribution in [0.4, 0.5) is 17.6 Å². The fourth-order valence-corrected chi connectivity index (χ4v) is 13.0. The standard InChI is InChI=1S/C21H21O3S.C20H32O2.C16H14F4O4S.C12H16O2.C10H14O/c1-22-16-7-4-10-19(13-16)25(20-11-5-8-17(14-20)23-2)21-12-6-9-18(15-21)24-3;1-4-16(2)19-10-12-20(13-11-19)22-17(3)21-15-14-18-8-6-5-7-9-18;1-3-8(2)9-4-6-10(7-5-9)24-15-11(17)13(19)16(25(21,22)23)14(20)12(15)18;1-4-9(2)11-5-7-12(8-6-11)14-10(3)13;1-3-8(2)9-4-6-10(11)7-5-9/h4-15H,1-3H3;10-13,16-18H,4-9,14-15H2,1-3H3;4-8H,3H2,1-2H3,(H,21,22,23);5-9H,4H2,1-3H3;4-8,11H,3H2,1-2H3/q+1;;;;/p-1. The van der Waals surface area contributed by atoms with Gasteiger partial charge in [0, 0.05) is 25.1 Å². The number of benzene rings is 8. The van der Waals surface area contributed by atoms with Crippen LogP contribution in [0, 0.1) is 29.2 Å². The zero-order chi connectivity index (χ0) is 71.2. The fourth-order valence-electron chi connectivity index (χ4n) is 10.2. The monoisotopic (exact) mass is 1380 g/mol. The summed E-state index contributed by atoms with van der Waals surface area (Å²) in [5.41, 5.74) is 4.87. The Kier molecular flexibility index (Phi) is 33.4. The topological polar surface area (TPSA) is 159 Å². The Balaban J connectivity index is 0.000000225. The zero-order valence-corrected chi connectivity index (χ0v) is 59.8. The van der Waals surface area contributed by atoms with Gasteiger partial charge in [-0.15, -0.1) is 0 Å². The summed E-state index contributed by atoms with van der Waals surface area (Å²) < 4.78 is 125. The van der Waals surface area contributed by atoms with Gasteiger partial charge in [0.2, 0.25) is 17.4 Å². The molecule has 12 nitrogen and oxygen atoms in total. The summed E-state index contributed by atoms with van der Waals surface area (Å²) in [6, 6.07) is 54.1. The minimum absolute atomic E-state index is 0.124. The highest BCUT2D eigenvalue weighted by Gasteiger charge is 2.32. The molecule has 1 N–H and O–H groups in total. The Bertz CT molecular complexity index is 3610. The molecule has 1 saturated carbocycles. The number of aromatic hydroxyl groups is 1. The molecule has 18 heteroatoms. The maximum atomic E-state index is 13.9. The van der Waals surface area contributed by atoms with Gasteiger partial charge in [0.1, 0.15) is 55.3 Å². The van der Waals surface area contributed by atoms with E-state index in [1.165, 1.54) is 95.4 Å². The molecule has 0 spiro atoms. The first-order valence-corrected chi connectivity index (χ1v) is 35.7. The van der Waals surface area contributed by atoms with Gasteiger partial charge in [0.05, 0.1) is 38.8 Å². The summed E-state index contributed by atoms with van der Waals surface area (Å²) in [4.78, 5) is 12.0. The van der Waals surface area contributed by atoms with Crippen molar-refractivity contribution in [2.45, 2.75) is 183 Å². The van der Waals surface area contributed by atoms with Gasteiger partial charge in [-0.2, -0.15) is 8.78 Å². The van der Waals surface area contributed by atoms with Crippen LogP contribution in [0.1, 0.15) is 179 Å². The average Bonchev–Trinajstić information content (AvgIpc) is 0.775. The molecule has 5 unspecified atom stereocenters. The molecule has 0 heterocycles. The Hall–Kier alpha value is -8.03. The van der Waals surface area contributed by atoms with Gasteiger partial charge in [0.15, 0.2) is 32.6 Å². The maximum Gasteiger partial charge on any atom is 0.308 e. The number of ether oxygens (including phenoxy) is 7. The highest BCUT2D eigenvalue weighted by molar-refractivity contribution is 7.97. The van der Waals surface area contributed by atoms with Crippen LogP contribution in [-0.4, -0.2) is 58.3 Å². The van der Waals surface area contributed by atoms with E-state index < -0.39 is 44.0 Å².